The Morgan fingerprint density at radius 2 is 1.45 bits per heavy atom. The molecule has 2 heterocycles. The molecular weight excluding hydrogens is 443 g/mol. The summed E-state index contributed by atoms with van der Waals surface area (Å²) >= 11 is 15.3. The number of alkyl halides is 2. The molecule has 0 radical (unpaired) electrons. The van der Waals surface area contributed by atoms with Gasteiger partial charge in [0.1, 0.15) is 12.2 Å². The predicted octanol–water partition coefficient (Wildman–Crippen LogP) is 2.73. The van der Waals surface area contributed by atoms with Crippen molar-refractivity contribution in [1.29, 1.82) is 0 Å². The van der Waals surface area contributed by atoms with Crippen molar-refractivity contribution in [2.45, 2.75) is 50.4 Å². The number of esters is 2. The fourth-order valence-corrected chi connectivity index (χ4v) is 6.78. The summed E-state index contributed by atoms with van der Waals surface area (Å²) < 4.78 is 10.5. The van der Waals surface area contributed by atoms with E-state index in [0.29, 0.717) is 29.6 Å². The van der Waals surface area contributed by atoms with E-state index < -0.39 is 5.24 Å². The van der Waals surface area contributed by atoms with Gasteiger partial charge in [-0.2, -0.15) is 0 Å². The Morgan fingerprint density at radius 1 is 0.931 bits per heavy atom. The molecule has 0 amide bonds. The summed E-state index contributed by atoms with van der Waals surface area (Å²) in [5, 5.41) is 9.04. The van der Waals surface area contributed by atoms with E-state index in [9.17, 15) is 19.5 Å². The molecule has 4 saturated carbocycles. The minimum absolute atomic E-state index is 0.0644. The Hall–Kier alpha value is -0.560. The van der Waals surface area contributed by atoms with Crippen LogP contribution in [-0.4, -0.2) is 52.4 Å². The largest absolute Gasteiger partial charge is 0.462 e. The van der Waals surface area contributed by atoms with Crippen LogP contribution in [0.4, 0.5) is 0 Å². The molecule has 6 aliphatic rings. The Labute approximate surface area is 184 Å². The molecule has 2 saturated heterocycles. The van der Waals surface area contributed by atoms with E-state index in [4.69, 9.17) is 44.3 Å². The Kier molecular flexibility index (Phi) is 6.37. The average molecular weight is 468 g/mol. The molecule has 0 spiro atoms. The lowest BCUT2D eigenvalue weighted by Gasteiger charge is -2.24. The maximum absolute atomic E-state index is 11.4. The third-order valence-electron chi connectivity index (χ3n) is 7.65. The molecule has 0 aromatic carbocycles. The molecule has 4 bridgehead atoms. The van der Waals surface area contributed by atoms with Crippen molar-refractivity contribution in [2.24, 2.45) is 41.4 Å². The van der Waals surface area contributed by atoms with E-state index in [1.54, 1.807) is 0 Å². The number of carbonyl (C=O) groups is 3. The first-order valence-corrected chi connectivity index (χ1v) is 11.7. The minimum Gasteiger partial charge on any atom is -0.462 e. The summed E-state index contributed by atoms with van der Waals surface area (Å²) in [4.78, 5) is 31.9. The summed E-state index contributed by atoms with van der Waals surface area (Å²) in [6, 6.07) is 0. The number of aliphatic hydroxyl groups is 1. The number of rotatable bonds is 3. The van der Waals surface area contributed by atoms with Crippen LogP contribution < -0.4 is 0 Å². The molecule has 29 heavy (non-hydrogen) atoms. The summed E-state index contributed by atoms with van der Waals surface area (Å²) in [6.45, 7) is 0. The van der Waals surface area contributed by atoms with Crippen molar-refractivity contribution in [3.8, 4) is 0 Å². The molecule has 9 heteroatoms. The average Bonchev–Trinajstić information content (AvgIpc) is 3.48. The second-order valence-electron chi connectivity index (χ2n) is 8.93. The smallest absolute Gasteiger partial charge is 0.309 e. The van der Waals surface area contributed by atoms with Crippen LogP contribution in [0.2, 0.25) is 0 Å². The van der Waals surface area contributed by atoms with Gasteiger partial charge in [0.2, 0.25) is 5.24 Å². The molecule has 0 aromatic rings. The summed E-state index contributed by atoms with van der Waals surface area (Å²) in [6.07, 6.45) is 4.89. The van der Waals surface area contributed by atoms with Crippen molar-refractivity contribution in [1.82, 2.24) is 0 Å². The van der Waals surface area contributed by atoms with Gasteiger partial charge in [-0.3, -0.25) is 14.4 Å². The Bertz CT molecular complexity index is 687. The summed E-state index contributed by atoms with van der Waals surface area (Å²) in [7, 11) is 0. The molecule has 0 aromatic heterocycles. The van der Waals surface area contributed by atoms with E-state index in [1.165, 1.54) is 6.42 Å². The van der Waals surface area contributed by atoms with Gasteiger partial charge in [-0.1, -0.05) is 0 Å². The van der Waals surface area contributed by atoms with E-state index in [1.807, 2.05) is 0 Å². The first-order valence-electron chi connectivity index (χ1n) is 10.2. The van der Waals surface area contributed by atoms with Gasteiger partial charge in [0.15, 0.2) is 0 Å². The molecule has 6 nitrogen and oxygen atoms in total. The van der Waals surface area contributed by atoms with Crippen molar-refractivity contribution in [3.05, 3.63) is 0 Å². The summed E-state index contributed by atoms with van der Waals surface area (Å²) in [5.74, 6) is 3.53. The Morgan fingerprint density at radius 3 is 1.97 bits per heavy atom. The van der Waals surface area contributed by atoms with Gasteiger partial charge >= 0.3 is 11.9 Å². The minimum atomic E-state index is -0.508. The number of hydrogen-bond acceptors (Lipinski definition) is 6. The number of ether oxygens (including phenoxy) is 2. The Balaban J connectivity index is 0.000000117. The zero-order valence-corrected chi connectivity index (χ0v) is 18.1. The number of aliphatic hydroxyl groups excluding tert-OH is 1. The molecular formula is C20H25Cl3O6. The molecule has 6 fully saturated rings. The predicted molar refractivity (Wildman–Crippen MR) is 106 cm³/mol. The lowest BCUT2D eigenvalue weighted by atomic mass is 9.81. The molecule has 10 atom stereocenters. The number of halogens is 3. The quantitative estimate of drug-likeness (QED) is 0.390. The van der Waals surface area contributed by atoms with E-state index in [2.05, 4.69) is 0 Å². The first kappa shape index (κ1) is 21.7. The maximum Gasteiger partial charge on any atom is 0.309 e. The summed E-state index contributed by atoms with van der Waals surface area (Å²) in [5.41, 5.74) is 0. The van der Waals surface area contributed by atoms with E-state index in [0.717, 1.165) is 31.6 Å². The van der Waals surface area contributed by atoms with Crippen LogP contribution in [0, 0.1) is 41.4 Å². The van der Waals surface area contributed by atoms with Crippen molar-refractivity contribution in [2.75, 3.05) is 11.8 Å². The van der Waals surface area contributed by atoms with Crippen LogP contribution in [-0.2, 0) is 23.9 Å². The highest BCUT2D eigenvalue weighted by molar-refractivity contribution is 6.67. The van der Waals surface area contributed by atoms with Crippen LogP contribution >= 0.6 is 34.8 Å². The molecule has 4 aliphatic carbocycles. The van der Waals surface area contributed by atoms with E-state index in [-0.39, 0.29) is 48.0 Å². The van der Waals surface area contributed by atoms with Crippen LogP contribution in [0.15, 0.2) is 0 Å². The molecule has 2 aliphatic heterocycles. The zero-order chi connectivity index (χ0) is 20.9. The van der Waals surface area contributed by atoms with Gasteiger partial charge in [-0.05, 0) is 55.5 Å². The zero-order valence-electron chi connectivity index (χ0n) is 15.8. The number of carbonyl (C=O) groups excluding carboxylic acids is 3. The molecule has 10 unspecified atom stereocenters. The van der Waals surface area contributed by atoms with Crippen molar-refractivity contribution in [3.63, 3.8) is 0 Å². The van der Waals surface area contributed by atoms with Gasteiger partial charge in [-0.15, -0.1) is 23.2 Å². The third kappa shape index (κ3) is 3.79. The third-order valence-corrected chi connectivity index (χ3v) is 8.38. The normalized spacial score (nSPS) is 46.6. The van der Waals surface area contributed by atoms with Crippen molar-refractivity contribution >= 4 is 52.0 Å². The van der Waals surface area contributed by atoms with Crippen LogP contribution in [0.3, 0.4) is 0 Å². The second-order valence-corrected chi connectivity index (χ2v) is 9.99. The monoisotopic (exact) mass is 466 g/mol. The number of fused-ring (bicyclic) bond motifs is 2. The highest BCUT2D eigenvalue weighted by atomic mass is 35.5. The SMILES string of the molecule is O=C(Cl)CCl.O=C1OC2C(CCCl)C3CC1C2C3.O=C1OC2C(O)C3CC1C2C3. The van der Waals surface area contributed by atoms with Crippen molar-refractivity contribution < 1.29 is 29.0 Å². The maximum atomic E-state index is 11.4. The van der Waals surface area contributed by atoms with Crippen LogP contribution in [0.25, 0.3) is 0 Å². The fourth-order valence-electron chi connectivity index (χ4n) is 6.53. The van der Waals surface area contributed by atoms with Gasteiger partial charge in [-0.25, -0.2) is 0 Å². The molecule has 6 rings (SSSR count). The highest BCUT2D eigenvalue weighted by Gasteiger charge is 2.62. The topological polar surface area (TPSA) is 89.9 Å². The standard InChI is InChI=1S/C10H13ClO2.C8H10O3.C2H2Cl2O/c11-2-1-6-5-3-7-8(4-5)10(12)13-9(6)7;9-6-3-1-4-5(2-3)8(10)11-7(4)6;3-1-2(4)5/h5-9H,1-4H2;3-7,9H,1-2H2;1H2. The molecule has 162 valence electrons. The number of hydrogen-bond donors (Lipinski definition) is 1. The molecule has 1 N–H and O–H groups in total. The van der Waals surface area contributed by atoms with Crippen LogP contribution in [0.5, 0.6) is 0 Å². The highest BCUT2D eigenvalue weighted by Crippen LogP contribution is 2.58. The lowest BCUT2D eigenvalue weighted by molar-refractivity contribution is -0.146. The van der Waals surface area contributed by atoms with Gasteiger partial charge in [0, 0.05) is 23.6 Å². The van der Waals surface area contributed by atoms with Crippen LogP contribution in [0.1, 0.15) is 32.1 Å². The lowest BCUT2D eigenvalue weighted by Crippen LogP contribution is -2.31. The fraction of sp³-hybridized carbons (Fsp3) is 0.850. The van der Waals surface area contributed by atoms with E-state index >= 15 is 0 Å². The first-order chi connectivity index (χ1) is 13.8. The second kappa shape index (κ2) is 8.52. The van der Waals surface area contributed by atoms with Gasteiger partial charge in [0.05, 0.1) is 23.8 Å². The van der Waals surface area contributed by atoms with Gasteiger partial charge < -0.3 is 14.6 Å². The van der Waals surface area contributed by atoms with Gasteiger partial charge in [0.25, 0.3) is 0 Å².